The summed E-state index contributed by atoms with van der Waals surface area (Å²) in [5, 5.41) is 12.5. The van der Waals surface area contributed by atoms with Crippen molar-refractivity contribution in [1.29, 1.82) is 0 Å². The maximum absolute atomic E-state index is 12.5. The molecule has 0 aromatic rings. The number of aliphatic hydroxyl groups excluding tert-OH is 1. The molecule has 2 atom stereocenters. The van der Waals surface area contributed by atoms with Crippen molar-refractivity contribution in [2.45, 2.75) is 45.2 Å². The van der Waals surface area contributed by atoms with Crippen molar-refractivity contribution in [3.63, 3.8) is 0 Å². The molecule has 0 spiro atoms. The van der Waals surface area contributed by atoms with Crippen LogP contribution >= 0.6 is 11.8 Å². The first kappa shape index (κ1) is 23.2. The summed E-state index contributed by atoms with van der Waals surface area (Å²) in [4.78, 5) is 38.2. The molecule has 1 rings (SSSR count). The van der Waals surface area contributed by atoms with Gasteiger partial charge in [-0.15, -0.1) is 11.8 Å². The summed E-state index contributed by atoms with van der Waals surface area (Å²) >= 11 is 1.27. The number of carbonyl (C=O) groups excluding carboxylic acids is 3. The number of allylic oxidation sites excluding steroid dienone is 2. The summed E-state index contributed by atoms with van der Waals surface area (Å²) < 4.78 is 0. The molecule has 0 aromatic carbocycles. The molecule has 24 heavy (non-hydrogen) atoms. The molecule has 1 heterocycles. The normalized spacial score (nSPS) is 21.8. The second kappa shape index (κ2) is 11.0. The number of hydrogen-bond acceptors (Lipinski definition) is 6. The molecule has 1 amide bonds. The van der Waals surface area contributed by atoms with Gasteiger partial charge in [0.1, 0.15) is 10.6 Å². The molecule has 0 aromatic heterocycles. The predicted molar refractivity (Wildman–Crippen MR) is 90.0 cm³/mol. The van der Waals surface area contributed by atoms with Gasteiger partial charge in [0, 0.05) is 45.4 Å². The SMILES string of the molecule is CCC[C@H]([C-]=C/C(O)=C\[C-]=O)NC(=O)[C@]1(C)CSC(C(C)=O)=N1.[Y]. The molecule has 129 valence electrons. The van der Waals surface area contributed by atoms with Gasteiger partial charge in [-0.3, -0.25) is 14.6 Å². The Labute approximate surface area is 171 Å². The molecule has 6 nitrogen and oxygen atoms in total. The molecular weight excluding hydrogens is 405 g/mol. The fourth-order valence-corrected chi connectivity index (χ4v) is 2.96. The van der Waals surface area contributed by atoms with Gasteiger partial charge in [-0.1, -0.05) is 19.1 Å². The Morgan fingerprint density at radius 1 is 1.54 bits per heavy atom. The maximum Gasteiger partial charge on any atom is 0.247 e. The van der Waals surface area contributed by atoms with Gasteiger partial charge in [0.25, 0.3) is 0 Å². The van der Waals surface area contributed by atoms with Crippen LogP contribution in [-0.4, -0.2) is 45.5 Å². The summed E-state index contributed by atoms with van der Waals surface area (Å²) in [6.07, 6.45) is 7.80. The van der Waals surface area contributed by atoms with Crippen LogP contribution in [0, 0.1) is 6.08 Å². The maximum atomic E-state index is 12.5. The average molecular weight is 425 g/mol. The Bertz CT molecular complexity index is 574. The smallest absolute Gasteiger partial charge is 0.247 e. The minimum absolute atomic E-state index is 0. The van der Waals surface area contributed by atoms with E-state index >= 15 is 0 Å². The number of aliphatic hydroxyl groups is 1. The van der Waals surface area contributed by atoms with E-state index in [0.29, 0.717) is 17.2 Å². The molecule has 1 radical (unpaired) electrons. The minimum Gasteiger partial charge on any atom is -0.594 e. The van der Waals surface area contributed by atoms with Crippen molar-refractivity contribution in [1.82, 2.24) is 5.32 Å². The van der Waals surface area contributed by atoms with Gasteiger partial charge in [0.05, 0.1) is 0 Å². The van der Waals surface area contributed by atoms with Crippen molar-refractivity contribution < 1.29 is 52.2 Å². The molecule has 0 bridgehead atoms. The molecule has 1 aliphatic heterocycles. The third kappa shape index (κ3) is 6.99. The van der Waals surface area contributed by atoms with Crippen LogP contribution in [0.4, 0.5) is 0 Å². The van der Waals surface area contributed by atoms with Gasteiger partial charge in [0.15, 0.2) is 5.78 Å². The van der Waals surface area contributed by atoms with Crippen LogP contribution in [0.15, 0.2) is 22.9 Å². The first-order chi connectivity index (χ1) is 10.8. The van der Waals surface area contributed by atoms with Gasteiger partial charge in [-0.2, -0.15) is 12.2 Å². The Morgan fingerprint density at radius 2 is 2.21 bits per heavy atom. The summed E-state index contributed by atoms with van der Waals surface area (Å²) in [6.45, 7) is 5.05. The number of hydrogen-bond donors (Lipinski definition) is 2. The van der Waals surface area contributed by atoms with Gasteiger partial charge >= 0.3 is 0 Å². The molecule has 0 saturated heterocycles. The monoisotopic (exact) mass is 425 g/mol. The third-order valence-electron chi connectivity index (χ3n) is 3.15. The van der Waals surface area contributed by atoms with E-state index in [1.165, 1.54) is 31.0 Å². The van der Waals surface area contributed by atoms with E-state index in [0.717, 1.165) is 12.5 Å². The Morgan fingerprint density at radius 3 is 2.71 bits per heavy atom. The van der Waals surface area contributed by atoms with Gasteiger partial charge in [0.2, 0.25) is 5.91 Å². The fraction of sp³-hybridized carbons (Fsp3) is 0.500. The summed E-state index contributed by atoms with van der Waals surface area (Å²) in [5.74, 6) is -0.328. The molecule has 0 unspecified atom stereocenters. The molecule has 8 heteroatoms. The average Bonchev–Trinajstić information content (AvgIpc) is 2.89. The number of aliphatic imine (C=N–C) groups is 1. The van der Waals surface area contributed by atoms with Crippen LogP contribution in [0.3, 0.4) is 0 Å². The predicted octanol–water partition coefficient (Wildman–Crippen LogP) is 1.67. The van der Waals surface area contributed by atoms with Crippen molar-refractivity contribution in [3.8, 4) is 0 Å². The van der Waals surface area contributed by atoms with E-state index in [1.807, 2.05) is 6.92 Å². The van der Waals surface area contributed by atoms with E-state index in [2.05, 4.69) is 16.4 Å². The topological polar surface area (TPSA) is 95.8 Å². The number of nitrogens with one attached hydrogen (secondary N) is 1. The largest absolute Gasteiger partial charge is 0.594 e. The number of rotatable bonds is 8. The first-order valence-electron chi connectivity index (χ1n) is 7.23. The quantitative estimate of drug-likeness (QED) is 0.267. The number of amides is 1. The first-order valence-corrected chi connectivity index (χ1v) is 8.21. The van der Waals surface area contributed by atoms with E-state index in [-0.39, 0.29) is 50.2 Å². The van der Waals surface area contributed by atoms with Crippen LogP contribution in [0.2, 0.25) is 0 Å². The van der Waals surface area contributed by atoms with Crippen LogP contribution in [0.1, 0.15) is 33.6 Å². The molecule has 0 aliphatic carbocycles. The Kier molecular flexibility index (Phi) is 10.6. The number of thioether (sulfide) groups is 1. The zero-order chi connectivity index (χ0) is 17.5. The van der Waals surface area contributed by atoms with Crippen molar-refractivity contribution >= 4 is 34.8 Å². The van der Waals surface area contributed by atoms with E-state index in [9.17, 15) is 19.5 Å². The van der Waals surface area contributed by atoms with E-state index in [1.54, 1.807) is 6.92 Å². The number of Topliss-reactive ketones (excluding diaryl/α,β-unsaturated/α-hetero) is 1. The van der Waals surface area contributed by atoms with Crippen LogP contribution in [0.5, 0.6) is 0 Å². The Balaban J connectivity index is 0.00000529. The summed E-state index contributed by atoms with van der Waals surface area (Å²) in [6, 6.07) is -0.423. The van der Waals surface area contributed by atoms with E-state index in [4.69, 9.17) is 0 Å². The number of carbonyl (C=O) groups is 2. The van der Waals surface area contributed by atoms with Crippen LogP contribution in [0.25, 0.3) is 0 Å². The molecule has 0 saturated carbocycles. The van der Waals surface area contributed by atoms with Gasteiger partial charge < -0.3 is 15.2 Å². The minimum atomic E-state index is -0.992. The second-order valence-electron chi connectivity index (χ2n) is 5.35. The molecule has 1 aliphatic rings. The number of nitrogens with zero attached hydrogens (tertiary/aromatic N) is 1. The van der Waals surface area contributed by atoms with Gasteiger partial charge in [-0.25, -0.2) is 6.08 Å². The Hall–Kier alpha value is -0.786. The van der Waals surface area contributed by atoms with Crippen molar-refractivity contribution in [2.24, 2.45) is 4.99 Å². The summed E-state index contributed by atoms with van der Waals surface area (Å²) in [7, 11) is 0. The van der Waals surface area contributed by atoms with Gasteiger partial charge in [-0.05, 0) is 25.7 Å². The number of ketones is 1. The zero-order valence-electron chi connectivity index (χ0n) is 14.0. The summed E-state index contributed by atoms with van der Waals surface area (Å²) in [5.41, 5.74) is -0.992. The molecule has 2 N–H and O–H groups in total. The van der Waals surface area contributed by atoms with E-state index < -0.39 is 11.6 Å². The van der Waals surface area contributed by atoms with Crippen molar-refractivity contribution in [3.05, 3.63) is 24.0 Å². The second-order valence-corrected chi connectivity index (χ2v) is 6.31. The zero-order valence-corrected chi connectivity index (χ0v) is 17.6. The molecule has 0 fully saturated rings. The molecular formula is C16H20N2O4SY-2. The standard InChI is InChI=1S/C16H20N2O4S.Y/c1-4-5-12(6-7-13(21)8-9-19)17-15(22)16(3)10-23-14(18-16)11(2)20;/h7-8,12,21H,4-5,10H2,1-3H3,(H,17,22);/q-2;/b13-8+;/t12-,16+;/m1./s1. The third-order valence-corrected chi connectivity index (χ3v) is 4.51. The van der Waals surface area contributed by atoms with Crippen LogP contribution in [-0.2, 0) is 47.1 Å². The van der Waals surface area contributed by atoms with Crippen molar-refractivity contribution in [2.75, 3.05) is 5.75 Å². The fourth-order valence-electron chi connectivity index (χ4n) is 1.88. The van der Waals surface area contributed by atoms with Crippen LogP contribution < -0.4 is 5.32 Å².